The number of nitrogens with one attached hydrogen (secondary N) is 2. The lowest BCUT2D eigenvalue weighted by Gasteiger charge is -2.39. The van der Waals surface area contributed by atoms with Gasteiger partial charge in [-0.2, -0.15) is 0 Å². The third kappa shape index (κ3) is 5.49. The quantitative estimate of drug-likeness (QED) is 0.660. The Morgan fingerprint density at radius 2 is 2.16 bits per heavy atom. The van der Waals surface area contributed by atoms with E-state index in [0.717, 1.165) is 39.0 Å². The maximum absolute atomic E-state index is 12.2. The van der Waals surface area contributed by atoms with Crippen LogP contribution in [0.25, 0.3) is 0 Å². The van der Waals surface area contributed by atoms with Crippen LogP contribution < -0.4 is 10.6 Å². The van der Waals surface area contributed by atoms with E-state index in [-0.39, 0.29) is 11.9 Å². The highest BCUT2D eigenvalue weighted by atomic mass is 16.2. The molecule has 1 rings (SSSR count). The Morgan fingerprint density at radius 3 is 2.84 bits per heavy atom. The molecule has 0 radical (unpaired) electrons. The Hall–Kier alpha value is -0.610. The van der Waals surface area contributed by atoms with Gasteiger partial charge in [-0.25, -0.2) is 0 Å². The zero-order valence-corrected chi connectivity index (χ0v) is 12.9. The van der Waals surface area contributed by atoms with Crippen molar-refractivity contribution in [2.24, 2.45) is 0 Å². The summed E-state index contributed by atoms with van der Waals surface area (Å²) in [6.45, 7) is 10.2. The molecular formula is C15H31N3O. The van der Waals surface area contributed by atoms with Gasteiger partial charge in [0, 0.05) is 19.1 Å². The SMILES string of the molecule is CCCCNC(=O)C(C)N1CCCCC1CNCC. The smallest absolute Gasteiger partial charge is 0.237 e. The van der Waals surface area contributed by atoms with E-state index in [0.29, 0.717) is 6.04 Å². The minimum absolute atomic E-state index is 0.000752. The van der Waals surface area contributed by atoms with Gasteiger partial charge in [-0.1, -0.05) is 26.7 Å². The van der Waals surface area contributed by atoms with E-state index in [1.807, 2.05) is 6.92 Å². The van der Waals surface area contributed by atoms with Crippen molar-refractivity contribution in [2.75, 3.05) is 26.2 Å². The van der Waals surface area contributed by atoms with Crippen molar-refractivity contribution < 1.29 is 4.79 Å². The Bertz CT molecular complexity index is 258. The largest absolute Gasteiger partial charge is 0.355 e. The first-order valence-corrected chi connectivity index (χ1v) is 7.94. The van der Waals surface area contributed by atoms with Gasteiger partial charge in [0.1, 0.15) is 0 Å². The third-order valence-electron chi connectivity index (χ3n) is 4.01. The van der Waals surface area contributed by atoms with Crippen molar-refractivity contribution in [3.63, 3.8) is 0 Å². The number of likely N-dealkylation sites (tertiary alicyclic amines) is 1. The van der Waals surface area contributed by atoms with Gasteiger partial charge >= 0.3 is 0 Å². The summed E-state index contributed by atoms with van der Waals surface area (Å²) in [5, 5.41) is 6.48. The number of unbranched alkanes of at least 4 members (excludes halogenated alkanes) is 1. The van der Waals surface area contributed by atoms with Gasteiger partial charge < -0.3 is 10.6 Å². The highest BCUT2D eigenvalue weighted by Gasteiger charge is 2.29. The van der Waals surface area contributed by atoms with Gasteiger partial charge in [-0.05, 0) is 39.3 Å². The minimum Gasteiger partial charge on any atom is -0.355 e. The molecule has 0 aliphatic carbocycles. The molecule has 2 atom stereocenters. The van der Waals surface area contributed by atoms with Gasteiger partial charge in [0.05, 0.1) is 6.04 Å². The zero-order valence-electron chi connectivity index (χ0n) is 12.9. The molecule has 0 bridgehead atoms. The predicted molar refractivity (Wildman–Crippen MR) is 80.3 cm³/mol. The average Bonchev–Trinajstić information content (AvgIpc) is 2.44. The molecule has 112 valence electrons. The van der Waals surface area contributed by atoms with Crippen LogP contribution in [-0.2, 0) is 4.79 Å². The van der Waals surface area contributed by atoms with E-state index in [2.05, 4.69) is 29.4 Å². The standard InChI is InChI=1S/C15H31N3O/c1-4-6-10-17-15(19)13(3)18-11-8-7-9-14(18)12-16-5-2/h13-14,16H,4-12H2,1-3H3,(H,17,19). The molecule has 19 heavy (non-hydrogen) atoms. The summed E-state index contributed by atoms with van der Waals surface area (Å²) in [6.07, 6.45) is 5.91. The zero-order chi connectivity index (χ0) is 14.1. The van der Waals surface area contributed by atoms with Gasteiger partial charge in [0.25, 0.3) is 0 Å². The molecule has 1 aliphatic heterocycles. The Balaban J connectivity index is 2.45. The molecule has 0 saturated carbocycles. The van der Waals surface area contributed by atoms with Gasteiger partial charge in [-0.15, -0.1) is 0 Å². The molecule has 1 amide bonds. The summed E-state index contributed by atoms with van der Waals surface area (Å²) in [4.78, 5) is 14.5. The Kier molecular flexibility index (Phi) is 8.07. The molecule has 1 heterocycles. The predicted octanol–water partition coefficient (Wildman–Crippen LogP) is 1.76. The van der Waals surface area contributed by atoms with Gasteiger partial charge in [0.2, 0.25) is 5.91 Å². The lowest BCUT2D eigenvalue weighted by molar-refractivity contribution is -0.127. The fraction of sp³-hybridized carbons (Fsp3) is 0.933. The monoisotopic (exact) mass is 269 g/mol. The number of hydrogen-bond donors (Lipinski definition) is 2. The van der Waals surface area contributed by atoms with Crippen LogP contribution in [0, 0.1) is 0 Å². The summed E-state index contributed by atoms with van der Waals surface area (Å²) in [7, 11) is 0. The molecule has 0 aromatic heterocycles. The summed E-state index contributed by atoms with van der Waals surface area (Å²) in [6, 6.07) is 0.515. The topological polar surface area (TPSA) is 44.4 Å². The first kappa shape index (κ1) is 16.4. The summed E-state index contributed by atoms with van der Waals surface area (Å²) < 4.78 is 0. The highest BCUT2D eigenvalue weighted by Crippen LogP contribution is 2.19. The van der Waals surface area contributed by atoms with E-state index in [1.165, 1.54) is 19.3 Å². The molecule has 1 aliphatic rings. The van der Waals surface area contributed by atoms with Crippen LogP contribution in [0.15, 0.2) is 0 Å². The second kappa shape index (κ2) is 9.32. The maximum Gasteiger partial charge on any atom is 0.237 e. The van der Waals surface area contributed by atoms with Crippen molar-refractivity contribution >= 4 is 5.91 Å². The van der Waals surface area contributed by atoms with Crippen molar-refractivity contribution in [1.82, 2.24) is 15.5 Å². The second-order valence-electron chi connectivity index (χ2n) is 5.52. The molecule has 0 aromatic rings. The lowest BCUT2D eigenvalue weighted by atomic mass is 9.99. The van der Waals surface area contributed by atoms with Crippen molar-refractivity contribution in [3.8, 4) is 0 Å². The number of rotatable bonds is 8. The second-order valence-corrected chi connectivity index (χ2v) is 5.52. The van der Waals surface area contributed by atoms with Crippen LogP contribution in [-0.4, -0.2) is 49.1 Å². The number of carbonyl (C=O) groups excluding carboxylic acids is 1. The minimum atomic E-state index is 0.000752. The summed E-state index contributed by atoms with van der Waals surface area (Å²) in [5.41, 5.74) is 0. The fourth-order valence-corrected chi connectivity index (χ4v) is 2.75. The number of amides is 1. The molecule has 1 fully saturated rings. The van der Waals surface area contributed by atoms with Gasteiger partial charge in [0.15, 0.2) is 0 Å². The Labute approximate surface area is 118 Å². The molecule has 4 heteroatoms. The number of hydrogen-bond acceptors (Lipinski definition) is 3. The van der Waals surface area contributed by atoms with E-state index in [9.17, 15) is 4.79 Å². The highest BCUT2D eigenvalue weighted by molar-refractivity contribution is 5.81. The van der Waals surface area contributed by atoms with Gasteiger partial charge in [-0.3, -0.25) is 9.69 Å². The summed E-state index contributed by atoms with van der Waals surface area (Å²) >= 11 is 0. The number of piperidine rings is 1. The van der Waals surface area contributed by atoms with E-state index >= 15 is 0 Å². The number of likely N-dealkylation sites (N-methyl/N-ethyl adjacent to an activating group) is 1. The summed E-state index contributed by atoms with van der Waals surface area (Å²) in [5.74, 6) is 0.192. The first-order valence-electron chi connectivity index (χ1n) is 7.94. The molecule has 0 spiro atoms. The normalized spacial score (nSPS) is 22.2. The van der Waals surface area contributed by atoms with Crippen LogP contribution in [0.4, 0.5) is 0 Å². The van der Waals surface area contributed by atoms with E-state index in [1.54, 1.807) is 0 Å². The van der Waals surface area contributed by atoms with Crippen LogP contribution in [0.2, 0.25) is 0 Å². The van der Waals surface area contributed by atoms with Crippen LogP contribution in [0.3, 0.4) is 0 Å². The lowest BCUT2D eigenvalue weighted by Crippen LogP contribution is -2.54. The van der Waals surface area contributed by atoms with Crippen LogP contribution in [0.5, 0.6) is 0 Å². The molecule has 2 unspecified atom stereocenters. The molecule has 1 saturated heterocycles. The molecule has 0 aromatic carbocycles. The average molecular weight is 269 g/mol. The third-order valence-corrected chi connectivity index (χ3v) is 4.01. The number of carbonyl (C=O) groups is 1. The van der Waals surface area contributed by atoms with Crippen molar-refractivity contribution in [1.29, 1.82) is 0 Å². The van der Waals surface area contributed by atoms with E-state index < -0.39 is 0 Å². The maximum atomic E-state index is 12.2. The van der Waals surface area contributed by atoms with Crippen LogP contribution in [0.1, 0.15) is 52.9 Å². The molecule has 2 N–H and O–H groups in total. The van der Waals surface area contributed by atoms with E-state index in [4.69, 9.17) is 0 Å². The molecular weight excluding hydrogens is 238 g/mol. The molecule has 4 nitrogen and oxygen atoms in total. The number of nitrogens with zero attached hydrogens (tertiary/aromatic N) is 1. The Morgan fingerprint density at radius 1 is 1.37 bits per heavy atom. The van der Waals surface area contributed by atoms with Crippen LogP contribution >= 0.6 is 0 Å². The van der Waals surface area contributed by atoms with Crippen molar-refractivity contribution in [3.05, 3.63) is 0 Å². The fourth-order valence-electron chi connectivity index (χ4n) is 2.75. The van der Waals surface area contributed by atoms with Crippen molar-refractivity contribution in [2.45, 2.75) is 65.0 Å². The first-order chi connectivity index (χ1) is 9.20.